The van der Waals surface area contributed by atoms with E-state index in [0.717, 1.165) is 55.0 Å². The molecule has 0 bridgehead atoms. The molecule has 5 rings (SSSR count). The van der Waals surface area contributed by atoms with E-state index in [1.165, 1.54) is 44.9 Å². The van der Waals surface area contributed by atoms with E-state index < -0.39 is 5.60 Å². The van der Waals surface area contributed by atoms with E-state index in [-0.39, 0.29) is 11.5 Å². The van der Waals surface area contributed by atoms with Crippen LogP contribution in [0.4, 0.5) is 0 Å². The summed E-state index contributed by atoms with van der Waals surface area (Å²) in [6, 6.07) is 0. The third kappa shape index (κ3) is 3.20. The molecular formula is C26H42N2O2. The van der Waals surface area contributed by atoms with E-state index in [4.69, 9.17) is 0 Å². The van der Waals surface area contributed by atoms with Crippen LogP contribution in [-0.2, 0) is 6.42 Å². The maximum Gasteiger partial charge on any atom is 0.0921 e. The number of fused-ring (bicyclic) bond motifs is 5. The Bertz CT molecular complexity index is 746. The Morgan fingerprint density at radius 1 is 1.07 bits per heavy atom. The second kappa shape index (κ2) is 7.33. The van der Waals surface area contributed by atoms with Gasteiger partial charge in [-0.3, -0.25) is 0 Å². The molecule has 4 fully saturated rings. The molecule has 0 spiro atoms. The molecule has 0 aromatic carbocycles. The minimum atomic E-state index is -0.614. The molecule has 0 amide bonds. The third-order valence-electron chi connectivity index (χ3n) is 10.8. The zero-order valence-corrected chi connectivity index (χ0v) is 19.2. The van der Waals surface area contributed by atoms with Crippen LogP contribution >= 0.6 is 0 Å². The van der Waals surface area contributed by atoms with Gasteiger partial charge in [0.05, 0.1) is 18.0 Å². The van der Waals surface area contributed by atoms with Crippen LogP contribution < -0.4 is 0 Å². The predicted octanol–water partition coefficient (Wildman–Crippen LogP) is 5.11. The van der Waals surface area contributed by atoms with E-state index >= 15 is 0 Å². The SMILES string of the molecule is C[C@]12CC[C@H]3[C@@H](CCC4C[C@@H](O)CC[C@@]43C)[C@@H]1CC[C@@H]2[C@](C)(O)CCc1cnc[nH]1. The first-order chi connectivity index (χ1) is 14.2. The van der Waals surface area contributed by atoms with Gasteiger partial charge in [-0.05, 0) is 118 Å². The summed E-state index contributed by atoms with van der Waals surface area (Å²) < 4.78 is 0. The van der Waals surface area contributed by atoms with Crippen molar-refractivity contribution in [3.63, 3.8) is 0 Å². The molecule has 4 nitrogen and oxygen atoms in total. The van der Waals surface area contributed by atoms with Crippen molar-refractivity contribution in [1.29, 1.82) is 0 Å². The average Bonchev–Trinajstić information content (AvgIpc) is 3.34. The summed E-state index contributed by atoms with van der Waals surface area (Å²) in [7, 11) is 0. The second-order valence-electron chi connectivity index (χ2n) is 12.2. The van der Waals surface area contributed by atoms with E-state index in [0.29, 0.717) is 11.3 Å². The van der Waals surface area contributed by atoms with E-state index in [2.05, 4.69) is 30.7 Å². The monoisotopic (exact) mass is 414 g/mol. The Morgan fingerprint density at radius 2 is 1.83 bits per heavy atom. The van der Waals surface area contributed by atoms with Crippen molar-refractivity contribution in [3.8, 4) is 0 Å². The van der Waals surface area contributed by atoms with Gasteiger partial charge in [0, 0.05) is 11.9 Å². The highest BCUT2D eigenvalue weighted by Crippen LogP contribution is 2.68. The van der Waals surface area contributed by atoms with Crippen LogP contribution in [-0.4, -0.2) is 31.9 Å². The van der Waals surface area contributed by atoms with E-state index in [1.54, 1.807) is 6.33 Å². The highest BCUT2D eigenvalue weighted by atomic mass is 16.3. The van der Waals surface area contributed by atoms with Gasteiger partial charge in [0.25, 0.3) is 0 Å². The zero-order chi connectivity index (χ0) is 21.1. The second-order valence-corrected chi connectivity index (χ2v) is 12.2. The van der Waals surface area contributed by atoms with Gasteiger partial charge < -0.3 is 15.2 Å². The van der Waals surface area contributed by atoms with E-state index in [1.807, 2.05) is 6.20 Å². The van der Waals surface area contributed by atoms with Crippen molar-refractivity contribution in [2.75, 3.05) is 0 Å². The van der Waals surface area contributed by atoms with Gasteiger partial charge in [0.2, 0.25) is 0 Å². The predicted molar refractivity (Wildman–Crippen MR) is 119 cm³/mol. The topological polar surface area (TPSA) is 69.1 Å². The van der Waals surface area contributed by atoms with Crippen LogP contribution in [0.2, 0.25) is 0 Å². The molecular weight excluding hydrogens is 372 g/mol. The maximum atomic E-state index is 11.6. The largest absolute Gasteiger partial charge is 0.393 e. The van der Waals surface area contributed by atoms with Gasteiger partial charge >= 0.3 is 0 Å². The number of imidazole rings is 1. The first kappa shape index (κ1) is 21.0. The fraction of sp³-hybridized carbons (Fsp3) is 0.885. The molecule has 30 heavy (non-hydrogen) atoms. The van der Waals surface area contributed by atoms with Crippen molar-refractivity contribution in [1.82, 2.24) is 9.97 Å². The summed E-state index contributed by atoms with van der Waals surface area (Å²) >= 11 is 0. The molecule has 4 aliphatic rings. The molecule has 1 aromatic rings. The summed E-state index contributed by atoms with van der Waals surface area (Å²) in [5.74, 6) is 3.55. The lowest BCUT2D eigenvalue weighted by molar-refractivity contribution is -0.144. The number of nitrogens with zero attached hydrogens (tertiary/aromatic N) is 1. The van der Waals surface area contributed by atoms with Crippen LogP contribution in [0.25, 0.3) is 0 Å². The number of hydrogen-bond acceptors (Lipinski definition) is 3. The molecule has 1 heterocycles. The third-order valence-corrected chi connectivity index (χ3v) is 10.8. The Hall–Kier alpha value is -0.870. The number of rotatable bonds is 4. The molecule has 0 saturated heterocycles. The van der Waals surface area contributed by atoms with Crippen molar-refractivity contribution in [2.45, 2.75) is 103 Å². The number of aryl methyl sites for hydroxylation is 1. The average molecular weight is 415 g/mol. The Balaban J connectivity index is 1.34. The molecule has 9 atom stereocenters. The molecule has 4 aliphatic carbocycles. The molecule has 0 aliphatic heterocycles. The smallest absolute Gasteiger partial charge is 0.0921 e. The normalized spacial score (nSPS) is 47.8. The Kier molecular flexibility index (Phi) is 5.13. The number of aromatic nitrogens is 2. The summed E-state index contributed by atoms with van der Waals surface area (Å²) in [4.78, 5) is 7.33. The van der Waals surface area contributed by atoms with Crippen LogP contribution in [0.5, 0.6) is 0 Å². The maximum absolute atomic E-state index is 11.6. The number of aliphatic hydroxyl groups excluding tert-OH is 1. The molecule has 0 radical (unpaired) electrons. The highest BCUT2D eigenvalue weighted by Gasteiger charge is 2.62. The number of hydrogen-bond donors (Lipinski definition) is 3. The van der Waals surface area contributed by atoms with Crippen LogP contribution in [0.15, 0.2) is 12.5 Å². The van der Waals surface area contributed by atoms with Crippen LogP contribution in [0.1, 0.15) is 90.7 Å². The fourth-order valence-electron chi connectivity index (χ4n) is 9.24. The van der Waals surface area contributed by atoms with Crippen molar-refractivity contribution in [2.24, 2.45) is 40.4 Å². The summed E-state index contributed by atoms with van der Waals surface area (Å²) in [6.45, 7) is 7.19. The number of aliphatic hydroxyl groups is 2. The Morgan fingerprint density at radius 3 is 2.60 bits per heavy atom. The van der Waals surface area contributed by atoms with Crippen molar-refractivity contribution >= 4 is 0 Å². The number of H-pyrrole nitrogens is 1. The molecule has 4 saturated carbocycles. The standard InChI is InChI=1S/C26H42N2O2/c1-24-11-9-19(29)14-17(24)4-5-20-21-6-7-23(25(21,2)12-10-22(20)24)26(3,30)13-8-18-15-27-16-28-18/h15-17,19-23,29-30H,4-14H2,1-3H3,(H,27,28)/t17?,19-,20-,21-,22-,23-,24-,25-,26+/m0/s1. The van der Waals surface area contributed by atoms with Gasteiger partial charge in [0.15, 0.2) is 0 Å². The van der Waals surface area contributed by atoms with Gasteiger partial charge in [-0.25, -0.2) is 4.98 Å². The number of aromatic amines is 1. The Labute approximate surface area is 182 Å². The molecule has 1 aromatic heterocycles. The van der Waals surface area contributed by atoms with E-state index in [9.17, 15) is 10.2 Å². The summed E-state index contributed by atoms with van der Waals surface area (Å²) in [6.07, 6.45) is 16.2. The first-order valence-corrected chi connectivity index (χ1v) is 12.6. The highest BCUT2D eigenvalue weighted by molar-refractivity contribution is 5.12. The lowest BCUT2D eigenvalue weighted by Gasteiger charge is -2.61. The number of nitrogens with one attached hydrogen (secondary N) is 1. The zero-order valence-electron chi connectivity index (χ0n) is 19.2. The van der Waals surface area contributed by atoms with Crippen LogP contribution in [0.3, 0.4) is 0 Å². The summed E-state index contributed by atoms with van der Waals surface area (Å²) in [5, 5.41) is 21.9. The van der Waals surface area contributed by atoms with Crippen molar-refractivity contribution in [3.05, 3.63) is 18.2 Å². The lowest BCUT2D eigenvalue weighted by Crippen LogP contribution is -2.55. The quantitative estimate of drug-likeness (QED) is 0.641. The molecule has 1 unspecified atom stereocenters. The van der Waals surface area contributed by atoms with Gasteiger partial charge in [0.1, 0.15) is 0 Å². The minimum absolute atomic E-state index is 0.0608. The molecule has 4 heteroatoms. The summed E-state index contributed by atoms with van der Waals surface area (Å²) in [5.41, 5.74) is 1.22. The lowest BCUT2D eigenvalue weighted by atomic mass is 9.44. The van der Waals surface area contributed by atoms with Gasteiger partial charge in [-0.2, -0.15) is 0 Å². The minimum Gasteiger partial charge on any atom is -0.393 e. The van der Waals surface area contributed by atoms with Gasteiger partial charge in [-0.15, -0.1) is 0 Å². The fourth-order valence-corrected chi connectivity index (χ4v) is 9.24. The molecule has 168 valence electrons. The van der Waals surface area contributed by atoms with Crippen LogP contribution in [0, 0.1) is 40.4 Å². The first-order valence-electron chi connectivity index (χ1n) is 12.6. The van der Waals surface area contributed by atoms with Gasteiger partial charge in [-0.1, -0.05) is 13.8 Å². The molecule has 3 N–H and O–H groups in total. The van der Waals surface area contributed by atoms with Crippen molar-refractivity contribution < 1.29 is 10.2 Å².